The predicted octanol–water partition coefficient (Wildman–Crippen LogP) is 4.96. The van der Waals surface area contributed by atoms with Gasteiger partial charge in [0.05, 0.1) is 10.7 Å². The van der Waals surface area contributed by atoms with E-state index in [-0.39, 0.29) is 11.6 Å². The van der Waals surface area contributed by atoms with Gasteiger partial charge in [0.2, 0.25) is 5.91 Å². The Morgan fingerprint density at radius 3 is 2.03 bits per heavy atom. The Balaban J connectivity index is 1.63. The molecule has 0 heterocycles. The number of nitro groups is 1. The predicted molar refractivity (Wildman–Crippen MR) is 116 cm³/mol. The van der Waals surface area contributed by atoms with E-state index in [1.54, 1.807) is 12.1 Å². The van der Waals surface area contributed by atoms with Gasteiger partial charge in [-0.05, 0) is 29.7 Å². The zero-order chi connectivity index (χ0) is 20.5. The molecule has 0 aliphatic heterocycles. The van der Waals surface area contributed by atoms with Crippen LogP contribution in [0.15, 0.2) is 89.8 Å². The van der Waals surface area contributed by atoms with Crippen LogP contribution in [0, 0.1) is 10.1 Å². The van der Waals surface area contributed by atoms with Crippen molar-refractivity contribution < 1.29 is 9.72 Å². The van der Waals surface area contributed by atoms with Crippen molar-refractivity contribution in [2.75, 3.05) is 12.3 Å². The van der Waals surface area contributed by atoms with Crippen LogP contribution >= 0.6 is 11.8 Å². The Morgan fingerprint density at radius 1 is 0.862 bits per heavy atom. The first kappa shape index (κ1) is 20.6. The summed E-state index contributed by atoms with van der Waals surface area (Å²) in [6, 6.07) is 26.4. The number of hydrogen-bond acceptors (Lipinski definition) is 4. The average Bonchev–Trinajstić information content (AvgIpc) is 2.76. The molecule has 0 atom stereocenters. The summed E-state index contributed by atoms with van der Waals surface area (Å²) in [6.45, 7) is 1.20. The molecule has 0 aliphatic rings. The first-order valence-corrected chi connectivity index (χ1v) is 10.3. The van der Waals surface area contributed by atoms with E-state index >= 15 is 0 Å². The molecular weight excluding hydrogens is 384 g/mol. The van der Waals surface area contributed by atoms with E-state index in [2.05, 4.69) is 12.1 Å². The van der Waals surface area contributed by atoms with Gasteiger partial charge in [-0.15, -0.1) is 11.8 Å². The van der Waals surface area contributed by atoms with Crippen molar-refractivity contribution in [2.45, 2.75) is 17.9 Å². The maximum absolute atomic E-state index is 12.9. The van der Waals surface area contributed by atoms with Crippen LogP contribution < -0.4 is 0 Å². The number of rotatable bonds is 9. The molecule has 0 unspecified atom stereocenters. The fourth-order valence-corrected chi connectivity index (χ4v) is 3.71. The molecule has 0 aliphatic carbocycles. The smallest absolute Gasteiger partial charge is 0.269 e. The number of nitrogens with zero attached hydrogens (tertiary/aromatic N) is 2. The van der Waals surface area contributed by atoms with Gasteiger partial charge in [-0.1, -0.05) is 60.7 Å². The van der Waals surface area contributed by atoms with Crippen molar-refractivity contribution in [1.29, 1.82) is 0 Å². The Kier molecular flexibility index (Phi) is 7.41. The van der Waals surface area contributed by atoms with Crippen LogP contribution in [0.2, 0.25) is 0 Å². The summed E-state index contributed by atoms with van der Waals surface area (Å²) in [5.41, 5.74) is 2.34. The number of benzene rings is 3. The number of amides is 1. The topological polar surface area (TPSA) is 63.4 Å². The monoisotopic (exact) mass is 406 g/mol. The van der Waals surface area contributed by atoms with Gasteiger partial charge in [0.25, 0.3) is 5.69 Å². The van der Waals surface area contributed by atoms with Gasteiger partial charge in [-0.2, -0.15) is 0 Å². The van der Waals surface area contributed by atoms with Crippen molar-refractivity contribution in [3.05, 3.63) is 106 Å². The lowest BCUT2D eigenvalue weighted by Gasteiger charge is -2.23. The molecule has 148 valence electrons. The molecule has 29 heavy (non-hydrogen) atoms. The van der Waals surface area contributed by atoms with Crippen molar-refractivity contribution in [1.82, 2.24) is 4.90 Å². The highest BCUT2D eigenvalue weighted by Gasteiger charge is 2.15. The summed E-state index contributed by atoms with van der Waals surface area (Å²) in [4.78, 5) is 26.0. The number of carbonyl (C=O) groups is 1. The van der Waals surface area contributed by atoms with E-state index in [4.69, 9.17) is 0 Å². The standard InChI is InChI=1S/C23H22N2O3S/c26-23(18-29-22-13-11-21(12-14-22)25(27)28)24(17-20-9-5-2-6-10-20)16-15-19-7-3-1-4-8-19/h1-14H,15-18H2. The highest BCUT2D eigenvalue weighted by Crippen LogP contribution is 2.22. The number of non-ortho nitro benzene ring substituents is 1. The zero-order valence-corrected chi connectivity index (χ0v) is 16.8. The largest absolute Gasteiger partial charge is 0.337 e. The summed E-state index contributed by atoms with van der Waals surface area (Å²) in [5.74, 6) is 0.340. The van der Waals surface area contributed by atoms with Crippen molar-refractivity contribution >= 4 is 23.4 Å². The van der Waals surface area contributed by atoms with Crippen molar-refractivity contribution in [3.63, 3.8) is 0 Å². The number of carbonyl (C=O) groups excluding carboxylic acids is 1. The molecule has 3 rings (SSSR count). The van der Waals surface area contributed by atoms with Crippen LogP contribution in [0.1, 0.15) is 11.1 Å². The maximum Gasteiger partial charge on any atom is 0.269 e. The molecule has 5 nitrogen and oxygen atoms in total. The fourth-order valence-electron chi connectivity index (χ4n) is 2.90. The fraction of sp³-hybridized carbons (Fsp3) is 0.174. The number of nitro benzene ring substituents is 1. The van der Waals surface area contributed by atoms with Crippen LogP contribution in [-0.4, -0.2) is 28.0 Å². The lowest BCUT2D eigenvalue weighted by Crippen LogP contribution is -2.33. The van der Waals surface area contributed by atoms with Gasteiger partial charge in [0, 0.05) is 30.1 Å². The average molecular weight is 407 g/mol. The molecule has 0 fully saturated rings. The molecule has 6 heteroatoms. The molecule has 0 saturated carbocycles. The summed E-state index contributed by atoms with van der Waals surface area (Å²) in [5, 5.41) is 10.8. The molecular formula is C23H22N2O3S. The van der Waals surface area contributed by atoms with Gasteiger partial charge >= 0.3 is 0 Å². The first-order chi connectivity index (χ1) is 14.1. The Hall–Kier alpha value is -3.12. The van der Waals surface area contributed by atoms with Crippen LogP contribution in [-0.2, 0) is 17.8 Å². The second-order valence-electron chi connectivity index (χ2n) is 6.58. The second-order valence-corrected chi connectivity index (χ2v) is 7.62. The van der Waals surface area contributed by atoms with E-state index in [1.165, 1.54) is 29.5 Å². The minimum atomic E-state index is -0.426. The minimum absolute atomic E-state index is 0.0492. The molecule has 0 saturated heterocycles. The van der Waals surface area contributed by atoms with Crippen LogP contribution in [0.5, 0.6) is 0 Å². The van der Waals surface area contributed by atoms with Gasteiger partial charge in [-0.3, -0.25) is 14.9 Å². The third-order valence-electron chi connectivity index (χ3n) is 4.49. The van der Waals surface area contributed by atoms with Gasteiger partial charge in [-0.25, -0.2) is 0 Å². The molecule has 3 aromatic carbocycles. The van der Waals surface area contributed by atoms with Crippen LogP contribution in [0.25, 0.3) is 0 Å². The third kappa shape index (κ3) is 6.47. The zero-order valence-electron chi connectivity index (χ0n) is 15.9. The summed E-state index contributed by atoms with van der Waals surface area (Å²) >= 11 is 1.40. The quantitative estimate of drug-likeness (QED) is 0.286. The van der Waals surface area contributed by atoms with E-state index in [9.17, 15) is 14.9 Å². The summed E-state index contributed by atoms with van der Waals surface area (Å²) in [7, 11) is 0. The Morgan fingerprint density at radius 2 is 1.45 bits per heavy atom. The minimum Gasteiger partial charge on any atom is -0.337 e. The number of hydrogen-bond donors (Lipinski definition) is 0. The Labute approximate surface area is 174 Å². The Bertz CT molecular complexity index is 931. The summed E-state index contributed by atoms with van der Waals surface area (Å²) < 4.78 is 0. The van der Waals surface area contributed by atoms with Crippen molar-refractivity contribution in [2.24, 2.45) is 0 Å². The SMILES string of the molecule is O=C(CSc1ccc([N+](=O)[O-])cc1)N(CCc1ccccc1)Cc1ccccc1. The second kappa shape index (κ2) is 10.4. The lowest BCUT2D eigenvalue weighted by atomic mass is 10.1. The maximum atomic E-state index is 12.9. The molecule has 3 aromatic rings. The molecule has 1 amide bonds. The molecule has 0 aromatic heterocycles. The van der Waals surface area contributed by atoms with E-state index < -0.39 is 4.92 Å². The van der Waals surface area contributed by atoms with Gasteiger partial charge < -0.3 is 4.90 Å². The van der Waals surface area contributed by atoms with Crippen LogP contribution in [0.3, 0.4) is 0 Å². The van der Waals surface area contributed by atoms with Gasteiger partial charge in [0.1, 0.15) is 0 Å². The van der Waals surface area contributed by atoms with E-state index in [0.29, 0.717) is 18.8 Å². The van der Waals surface area contributed by atoms with E-state index in [1.807, 2.05) is 53.4 Å². The number of thioether (sulfide) groups is 1. The van der Waals surface area contributed by atoms with Crippen molar-refractivity contribution in [3.8, 4) is 0 Å². The molecule has 0 spiro atoms. The molecule has 0 radical (unpaired) electrons. The van der Waals surface area contributed by atoms with Gasteiger partial charge in [0.15, 0.2) is 0 Å². The highest BCUT2D eigenvalue weighted by molar-refractivity contribution is 8.00. The molecule has 0 N–H and O–H groups in total. The van der Waals surface area contributed by atoms with Crippen LogP contribution in [0.4, 0.5) is 5.69 Å². The summed E-state index contributed by atoms with van der Waals surface area (Å²) in [6.07, 6.45) is 0.793. The lowest BCUT2D eigenvalue weighted by molar-refractivity contribution is -0.384. The molecule has 0 bridgehead atoms. The first-order valence-electron chi connectivity index (χ1n) is 9.35. The normalized spacial score (nSPS) is 10.5. The third-order valence-corrected chi connectivity index (χ3v) is 5.49. The highest BCUT2D eigenvalue weighted by atomic mass is 32.2. The van der Waals surface area contributed by atoms with E-state index in [0.717, 1.165) is 16.9 Å².